The molecule has 0 saturated heterocycles. The first-order valence-corrected chi connectivity index (χ1v) is 2.10. The van der Waals surface area contributed by atoms with Crippen LogP contribution in [-0.4, -0.2) is 17.5 Å². The van der Waals surface area contributed by atoms with E-state index in [4.69, 9.17) is 17.5 Å². The highest BCUT2D eigenvalue weighted by atomic mass is 32.3. The van der Waals surface area contributed by atoms with Crippen molar-refractivity contribution in [3.63, 3.8) is 0 Å². The average Bonchev–Trinajstić information content (AvgIpc) is 0.722. The molecule has 0 aliphatic heterocycles. The lowest BCUT2D eigenvalue weighted by atomic mass is 15.8. The van der Waals surface area contributed by atoms with Gasteiger partial charge in [-0.25, -0.2) is 0 Å². The summed E-state index contributed by atoms with van der Waals surface area (Å²) in [5.74, 6) is 0. The Hall–Kier alpha value is -0.480. The normalized spacial score (nSPS) is 5.80. The molecular formula is H7F5O4S. The van der Waals surface area contributed by atoms with Crippen LogP contribution in [0.2, 0.25) is 0 Å². The molecule has 0 aromatic carbocycles. The van der Waals surface area contributed by atoms with Gasteiger partial charge in [0.1, 0.15) is 0 Å². The fourth-order valence-electron chi connectivity index (χ4n) is 0. The van der Waals surface area contributed by atoms with Crippen LogP contribution < -0.4 is 0 Å². The quantitative estimate of drug-likeness (QED) is 0.428. The maximum Gasteiger partial charge on any atom is 0.394 e. The van der Waals surface area contributed by atoms with E-state index >= 15 is 0 Å². The van der Waals surface area contributed by atoms with Gasteiger partial charge in [-0.3, -0.25) is 32.6 Å². The smallest absolute Gasteiger partial charge is 0.269 e. The summed E-state index contributed by atoms with van der Waals surface area (Å²) >= 11 is 0. The van der Waals surface area contributed by atoms with Crippen LogP contribution >= 0.6 is 0 Å². The van der Waals surface area contributed by atoms with E-state index in [0.29, 0.717) is 0 Å². The van der Waals surface area contributed by atoms with Crippen molar-refractivity contribution in [3.05, 3.63) is 0 Å². The topological polar surface area (TPSA) is 74.6 Å². The van der Waals surface area contributed by atoms with Crippen molar-refractivity contribution in [2.75, 3.05) is 0 Å². The summed E-state index contributed by atoms with van der Waals surface area (Å²) in [4.78, 5) is 0. The summed E-state index contributed by atoms with van der Waals surface area (Å²) in [6.45, 7) is 0. The lowest BCUT2D eigenvalue weighted by molar-refractivity contribution is 0.381. The average molecular weight is 198 g/mol. The van der Waals surface area contributed by atoms with E-state index in [9.17, 15) is 0 Å². The molecule has 0 radical (unpaired) electrons. The summed E-state index contributed by atoms with van der Waals surface area (Å²) in [6, 6.07) is 0. The maximum atomic E-state index is 8.74. The van der Waals surface area contributed by atoms with Crippen LogP contribution in [0, 0.1) is 0 Å². The van der Waals surface area contributed by atoms with E-state index in [2.05, 4.69) is 0 Å². The monoisotopic (exact) mass is 198 g/mol. The predicted octanol–water partition coefficient (Wildman–Crippen LogP) is 0.110. The van der Waals surface area contributed by atoms with Crippen molar-refractivity contribution >= 4 is 10.4 Å². The Morgan fingerprint density at radius 3 is 0.700 bits per heavy atom. The lowest BCUT2D eigenvalue weighted by Gasteiger charge is -1.68. The third-order valence-electron chi connectivity index (χ3n) is 0. The highest BCUT2D eigenvalue weighted by molar-refractivity contribution is 7.79. The van der Waals surface area contributed by atoms with Crippen molar-refractivity contribution in [2.24, 2.45) is 0 Å². The van der Waals surface area contributed by atoms with Crippen LogP contribution in [-0.2, 0) is 10.4 Å². The number of hydrogen-bond acceptors (Lipinski definition) is 2. The minimum Gasteiger partial charge on any atom is -0.269 e. The van der Waals surface area contributed by atoms with E-state index < -0.39 is 10.4 Å². The second kappa shape index (κ2) is 15.8. The zero-order chi connectivity index (χ0) is 4.50. The van der Waals surface area contributed by atoms with Gasteiger partial charge >= 0.3 is 10.4 Å². The van der Waals surface area contributed by atoms with Gasteiger partial charge in [0, 0.05) is 0 Å². The third kappa shape index (κ3) is 1390. The first-order valence-electron chi connectivity index (χ1n) is 0.698. The van der Waals surface area contributed by atoms with Crippen molar-refractivity contribution in [1.29, 1.82) is 0 Å². The van der Waals surface area contributed by atoms with Crippen molar-refractivity contribution in [3.8, 4) is 0 Å². The van der Waals surface area contributed by atoms with Gasteiger partial charge in [0.05, 0.1) is 0 Å². The molecule has 0 fully saturated rings. The van der Waals surface area contributed by atoms with Crippen molar-refractivity contribution in [1.82, 2.24) is 0 Å². The first kappa shape index (κ1) is 55.8. The van der Waals surface area contributed by atoms with E-state index in [-0.39, 0.29) is 23.5 Å². The van der Waals surface area contributed by atoms with Gasteiger partial charge in [-0.05, 0) is 0 Å². The van der Waals surface area contributed by atoms with Gasteiger partial charge in [0.2, 0.25) is 0 Å². The summed E-state index contributed by atoms with van der Waals surface area (Å²) in [6.07, 6.45) is 0. The van der Waals surface area contributed by atoms with Gasteiger partial charge in [0.25, 0.3) is 0 Å². The van der Waals surface area contributed by atoms with Gasteiger partial charge < -0.3 is 0 Å². The Morgan fingerprint density at radius 2 is 0.700 bits per heavy atom. The Labute approximate surface area is 52.6 Å². The molecule has 0 aromatic rings. The molecule has 0 amide bonds. The highest BCUT2D eigenvalue weighted by Gasteiger charge is 1.84. The number of rotatable bonds is 0. The molecule has 0 saturated carbocycles. The molecule has 0 spiro atoms. The molecule has 10 heavy (non-hydrogen) atoms. The van der Waals surface area contributed by atoms with Crippen LogP contribution in [0.1, 0.15) is 0 Å². The minimum atomic E-state index is -4.67. The zero-order valence-electron chi connectivity index (χ0n) is 4.16. The van der Waals surface area contributed by atoms with Gasteiger partial charge in [-0.1, -0.05) is 0 Å². The maximum absolute atomic E-state index is 8.74. The van der Waals surface area contributed by atoms with Crippen LogP contribution in [0.3, 0.4) is 0 Å². The SMILES string of the molecule is F.F.F.F.F.O=S(=O)(O)O. The summed E-state index contributed by atoms with van der Waals surface area (Å²) in [7, 11) is -4.67. The Balaban J connectivity index is -0.00000000800. The van der Waals surface area contributed by atoms with Crippen LogP contribution in [0.25, 0.3) is 0 Å². The molecule has 0 atom stereocenters. The zero-order valence-corrected chi connectivity index (χ0v) is 4.98. The Kier molecular flexibility index (Phi) is 88.2. The standard InChI is InChI=1S/5FH.H2O4S/c;;;;;1-5(2,3)4/h5*1H;(H2,1,2,3,4). The molecule has 72 valence electrons. The molecule has 0 heterocycles. The van der Waals surface area contributed by atoms with Crippen molar-refractivity contribution in [2.45, 2.75) is 0 Å². The fraction of sp³-hybridized carbons (Fsp3) is 0. The van der Waals surface area contributed by atoms with Crippen LogP contribution in [0.15, 0.2) is 0 Å². The lowest BCUT2D eigenvalue weighted by Crippen LogP contribution is -1.89. The predicted molar refractivity (Wildman–Crippen MR) is 26.7 cm³/mol. The Bertz CT molecular complexity index is 96.8. The molecule has 0 bridgehead atoms. The van der Waals surface area contributed by atoms with E-state index in [1.54, 1.807) is 0 Å². The second-order valence-corrected chi connectivity index (χ2v) is 1.34. The summed E-state index contributed by atoms with van der Waals surface area (Å²) < 4.78 is 31.6. The van der Waals surface area contributed by atoms with Crippen molar-refractivity contribution < 1.29 is 41.0 Å². The molecule has 0 aliphatic carbocycles. The van der Waals surface area contributed by atoms with Crippen LogP contribution in [0.5, 0.6) is 0 Å². The molecular weight excluding hydrogens is 191 g/mol. The molecule has 0 unspecified atom stereocenters. The molecule has 4 nitrogen and oxygen atoms in total. The van der Waals surface area contributed by atoms with E-state index in [1.807, 2.05) is 0 Å². The second-order valence-electron chi connectivity index (χ2n) is 0.448. The minimum absolute atomic E-state index is 0. The number of hydrogen-bond donors (Lipinski definition) is 2. The molecule has 0 aromatic heterocycles. The van der Waals surface area contributed by atoms with Gasteiger partial charge in [0.15, 0.2) is 0 Å². The van der Waals surface area contributed by atoms with E-state index in [0.717, 1.165) is 0 Å². The van der Waals surface area contributed by atoms with E-state index in [1.165, 1.54) is 0 Å². The van der Waals surface area contributed by atoms with Gasteiger partial charge in [-0.15, -0.1) is 0 Å². The molecule has 0 rings (SSSR count). The van der Waals surface area contributed by atoms with Gasteiger partial charge in [-0.2, -0.15) is 8.42 Å². The third-order valence-corrected chi connectivity index (χ3v) is 0. The first-order chi connectivity index (χ1) is 2.00. The molecule has 10 heteroatoms. The fourth-order valence-corrected chi connectivity index (χ4v) is 0. The summed E-state index contributed by atoms with van der Waals surface area (Å²) in [5, 5.41) is 0. The van der Waals surface area contributed by atoms with Crippen LogP contribution in [0.4, 0.5) is 23.5 Å². The molecule has 0 aliphatic rings. The largest absolute Gasteiger partial charge is 0.394 e. The number of halogens is 5. The highest BCUT2D eigenvalue weighted by Crippen LogP contribution is 1.59. The Morgan fingerprint density at radius 1 is 0.700 bits per heavy atom. The summed E-state index contributed by atoms with van der Waals surface area (Å²) in [5.41, 5.74) is 0. The molecule has 2 N–H and O–H groups in total.